The minimum atomic E-state index is 0.142. The summed E-state index contributed by atoms with van der Waals surface area (Å²) in [5.41, 5.74) is 7.94. The second-order valence-corrected chi connectivity index (χ2v) is 4.53. The molecule has 2 N–H and O–H groups in total. The van der Waals surface area contributed by atoms with Crippen molar-refractivity contribution in [1.29, 1.82) is 5.26 Å². The molecular formula is C14H16N4O. The molecule has 1 aromatic heterocycles. The number of ether oxygens (including phenoxy) is 1. The summed E-state index contributed by atoms with van der Waals surface area (Å²) in [7, 11) is 1.60. The number of anilines is 1. The van der Waals surface area contributed by atoms with Gasteiger partial charge in [-0.2, -0.15) is 10.4 Å². The molecule has 0 bridgehead atoms. The maximum absolute atomic E-state index is 9.20. The fraction of sp³-hybridized carbons (Fsp3) is 0.286. The lowest BCUT2D eigenvalue weighted by molar-refractivity contribution is 0.414. The zero-order valence-corrected chi connectivity index (χ0v) is 11.2. The average Bonchev–Trinajstić information content (AvgIpc) is 2.76. The maximum atomic E-state index is 9.20. The van der Waals surface area contributed by atoms with E-state index in [1.54, 1.807) is 11.8 Å². The Kier molecular flexibility index (Phi) is 3.43. The summed E-state index contributed by atoms with van der Waals surface area (Å²) in [4.78, 5) is 0. The Morgan fingerprint density at radius 3 is 2.68 bits per heavy atom. The van der Waals surface area contributed by atoms with E-state index in [9.17, 15) is 5.26 Å². The van der Waals surface area contributed by atoms with Crippen LogP contribution in [0.1, 0.15) is 31.0 Å². The molecule has 0 amide bonds. The van der Waals surface area contributed by atoms with Crippen LogP contribution in [0.25, 0.3) is 5.69 Å². The summed E-state index contributed by atoms with van der Waals surface area (Å²) < 4.78 is 6.76. The third-order valence-corrected chi connectivity index (χ3v) is 2.90. The van der Waals surface area contributed by atoms with Crippen molar-refractivity contribution in [2.75, 3.05) is 12.8 Å². The van der Waals surface area contributed by atoms with Crippen molar-refractivity contribution < 1.29 is 4.74 Å². The number of nitrogens with two attached hydrogens (primary N) is 1. The van der Waals surface area contributed by atoms with Crippen LogP contribution in [0.3, 0.4) is 0 Å². The third-order valence-electron chi connectivity index (χ3n) is 2.90. The molecule has 0 saturated heterocycles. The van der Waals surface area contributed by atoms with Crippen LogP contribution in [-0.2, 0) is 0 Å². The molecule has 0 saturated carbocycles. The van der Waals surface area contributed by atoms with E-state index in [1.807, 2.05) is 38.1 Å². The van der Waals surface area contributed by atoms with E-state index in [0.29, 0.717) is 17.1 Å². The molecule has 0 aliphatic heterocycles. The Morgan fingerprint density at radius 2 is 2.16 bits per heavy atom. The summed E-state index contributed by atoms with van der Waals surface area (Å²) in [5.74, 6) is 1.22. The molecule has 0 spiro atoms. The van der Waals surface area contributed by atoms with Gasteiger partial charge >= 0.3 is 0 Å². The van der Waals surface area contributed by atoms with E-state index < -0.39 is 0 Å². The van der Waals surface area contributed by atoms with Gasteiger partial charge in [0.25, 0.3) is 0 Å². The van der Waals surface area contributed by atoms with E-state index in [2.05, 4.69) is 11.2 Å². The molecule has 5 heteroatoms. The Hall–Kier alpha value is -2.48. The predicted octanol–water partition coefficient (Wildman–Crippen LogP) is 2.46. The molecule has 0 fully saturated rings. The zero-order chi connectivity index (χ0) is 14.0. The van der Waals surface area contributed by atoms with Crippen molar-refractivity contribution in [3.63, 3.8) is 0 Å². The van der Waals surface area contributed by atoms with Gasteiger partial charge in [0.2, 0.25) is 0 Å². The van der Waals surface area contributed by atoms with Gasteiger partial charge in [-0.25, -0.2) is 4.68 Å². The largest absolute Gasteiger partial charge is 0.497 e. The number of methoxy groups -OCH3 is 1. The van der Waals surface area contributed by atoms with Gasteiger partial charge in [0.1, 0.15) is 23.2 Å². The van der Waals surface area contributed by atoms with E-state index in [4.69, 9.17) is 10.5 Å². The van der Waals surface area contributed by atoms with Crippen molar-refractivity contribution >= 4 is 5.82 Å². The normalized spacial score (nSPS) is 10.5. The highest BCUT2D eigenvalue weighted by Gasteiger charge is 2.18. The topological polar surface area (TPSA) is 76.9 Å². The highest BCUT2D eigenvalue weighted by atomic mass is 16.5. The molecular weight excluding hydrogens is 240 g/mol. The lowest BCUT2D eigenvalue weighted by Crippen LogP contribution is -2.02. The van der Waals surface area contributed by atoms with E-state index in [1.165, 1.54) is 0 Å². The quantitative estimate of drug-likeness (QED) is 0.915. The maximum Gasteiger partial charge on any atom is 0.145 e. The minimum Gasteiger partial charge on any atom is -0.497 e. The van der Waals surface area contributed by atoms with Crippen molar-refractivity contribution in [3.8, 4) is 17.5 Å². The summed E-state index contributed by atoms with van der Waals surface area (Å²) >= 11 is 0. The molecule has 19 heavy (non-hydrogen) atoms. The highest BCUT2D eigenvalue weighted by molar-refractivity contribution is 5.57. The first-order valence-corrected chi connectivity index (χ1v) is 6.01. The average molecular weight is 256 g/mol. The molecule has 1 aromatic carbocycles. The number of benzene rings is 1. The SMILES string of the molecule is COc1cccc(-n2nc(C(C)C)c(C#N)c2N)c1. The van der Waals surface area contributed by atoms with Gasteiger partial charge in [-0.1, -0.05) is 19.9 Å². The Morgan fingerprint density at radius 1 is 1.42 bits per heavy atom. The van der Waals surface area contributed by atoms with Crippen molar-refractivity contribution in [2.45, 2.75) is 19.8 Å². The smallest absolute Gasteiger partial charge is 0.145 e. The molecule has 0 radical (unpaired) electrons. The first kappa shape index (κ1) is 13.0. The number of aromatic nitrogens is 2. The minimum absolute atomic E-state index is 0.142. The second kappa shape index (κ2) is 5.02. The van der Waals surface area contributed by atoms with Gasteiger partial charge in [0, 0.05) is 6.07 Å². The first-order chi connectivity index (χ1) is 9.08. The Labute approximate surface area is 112 Å². The predicted molar refractivity (Wildman–Crippen MR) is 73.3 cm³/mol. The van der Waals surface area contributed by atoms with Gasteiger partial charge in [-0.05, 0) is 18.1 Å². The highest BCUT2D eigenvalue weighted by Crippen LogP contribution is 2.26. The van der Waals surface area contributed by atoms with E-state index >= 15 is 0 Å². The number of nitrogen functional groups attached to an aromatic ring is 1. The van der Waals surface area contributed by atoms with Crippen LogP contribution < -0.4 is 10.5 Å². The van der Waals surface area contributed by atoms with Crippen LogP contribution in [0.2, 0.25) is 0 Å². The van der Waals surface area contributed by atoms with Crippen molar-refractivity contribution in [3.05, 3.63) is 35.5 Å². The van der Waals surface area contributed by atoms with E-state index in [-0.39, 0.29) is 5.92 Å². The number of nitrogens with zero attached hydrogens (tertiary/aromatic N) is 3. The summed E-state index contributed by atoms with van der Waals surface area (Å²) in [6, 6.07) is 9.53. The molecule has 0 atom stereocenters. The monoisotopic (exact) mass is 256 g/mol. The van der Waals surface area contributed by atoms with Crippen LogP contribution >= 0.6 is 0 Å². The van der Waals surface area contributed by atoms with Crippen molar-refractivity contribution in [1.82, 2.24) is 9.78 Å². The molecule has 2 aromatic rings. The number of hydrogen-bond donors (Lipinski definition) is 1. The molecule has 98 valence electrons. The summed E-state index contributed by atoms with van der Waals surface area (Å²) in [5, 5.41) is 13.6. The number of rotatable bonds is 3. The standard InChI is InChI=1S/C14H16N4O/c1-9(2)13-12(8-15)14(16)18(17-13)10-5-4-6-11(7-10)19-3/h4-7,9H,16H2,1-3H3. The van der Waals surface area contributed by atoms with Crippen LogP contribution in [0.4, 0.5) is 5.82 Å². The second-order valence-electron chi connectivity index (χ2n) is 4.53. The molecule has 0 unspecified atom stereocenters. The zero-order valence-electron chi connectivity index (χ0n) is 11.2. The van der Waals surface area contributed by atoms with Crippen LogP contribution in [-0.4, -0.2) is 16.9 Å². The van der Waals surface area contributed by atoms with Crippen LogP contribution in [0.5, 0.6) is 5.75 Å². The van der Waals surface area contributed by atoms with Crippen LogP contribution in [0, 0.1) is 11.3 Å². The van der Waals surface area contributed by atoms with Crippen molar-refractivity contribution in [2.24, 2.45) is 0 Å². The molecule has 2 rings (SSSR count). The molecule has 1 heterocycles. The fourth-order valence-electron chi connectivity index (χ4n) is 1.91. The summed E-state index contributed by atoms with van der Waals surface area (Å²) in [6.45, 7) is 3.97. The van der Waals surface area contributed by atoms with Gasteiger partial charge in [0.15, 0.2) is 0 Å². The fourth-order valence-corrected chi connectivity index (χ4v) is 1.91. The van der Waals surface area contributed by atoms with E-state index in [0.717, 1.165) is 11.4 Å². The van der Waals surface area contributed by atoms with Gasteiger partial charge in [-0.3, -0.25) is 0 Å². The molecule has 0 aliphatic carbocycles. The first-order valence-electron chi connectivity index (χ1n) is 6.01. The van der Waals surface area contributed by atoms with Crippen LogP contribution in [0.15, 0.2) is 24.3 Å². The number of nitriles is 1. The molecule has 5 nitrogen and oxygen atoms in total. The van der Waals surface area contributed by atoms with Gasteiger partial charge in [-0.15, -0.1) is 0 Å². The Bertz CT molecular complexity index is 637. The van der Waals surface area contributed by atoms with Gasteiger partial charge < -0.3 is 10.5 Å². The third kappa shape index (κ3) is 2.25. The molecule has 0 aliphatic rings. The number of hydrogen-bond acceptors (Lipinski definition) is 4. The Balaban J connectivity index is 2.60. The summed E-state index contributed by atoms with van der Waals surface area (Å²) in [6.07, 6.45) is 0. The van der Waals surface area contributed by atoms with Gasteiger partial charge in [0.05, 0.1) is 18.5 Å². The lowest BCUT2D eigenvalue weighted by Gasteiger charge is -2.06. The lowest BCUT2D eigenvalue weighted by atomic mass is 10.1.